The largest absolute Gasteiger partial charge is 0.479 e. The fraction of sp³-hybridized carbons (Fsp3) is 0.333. The van der Waals surface area contributed by atoms with Gasteiger partial charge in [0.05, 0.1) is 6.54 Å². The third-order valence-electron chi connectivity index (χ3n) is 2.51. The Morgan fingerprint density at radius 1 is 1.29 bits per heavy atom. The fourth-order valence-electron chi connectivity index (χ4n) is 1.50. The second kappa shape index (κ2) is 5.45. The Morgan fingerprint density at radius 2 is 1.88 bits per heavy atom. The molecule has 0 saturated heterocycles. The van der Waals surface area contributed by atoms with Gasteiger partial charge in [0.1, 0.15) is 0 Å². The molecule has 17 heavy (non-hydrogen) atoms. The van der Waals surface area contributed by atoms with Gasteiger partial charge in [-0.2, -0.15) is 0 Å². The van der Waals surface area contributed by atoms with Crippen molar-refractivity contribution >= 4 is 11.9 Å². The number of carboxylic acids is 1. The molecular formula is C12H16N2O3. The Morgan fingerprint density at radius 3 is 2.35 bits per heavy atom. The van der Waals surface area contributed by atoms with Crippen LogP contribution >= 0.6 is 0 Å². The van der Waals surface area contributed by atoms with Crippen LogP contribution in [0.2, 0.25) is 0 Å². The molecule has 0 bridgehead atoms. The Labute approximate surface area is 99.8 Å². The summed E-state index contributed by atoms with van der Waals surface area (Å²) < 4.78 is 0. The zero-order valence-corrected chi connectivity index (χ0v) is 9.86. The molecule has 0 aliphatic carbocycles. The number of carbonyl (C=O) groups is 2. The SMILES string of the molecule is CNCC(=O)NC(C)(C(=O)O)c1ccccc1. The standard InChI is InChI=1S/C12H16N2O3/c1-12(11(16)17,14-10(15)8-13-2)9-6-4-3-5-7-9/h3-7,13H,8H2,1-2H3,(H,14,15)(H,16,17). The quantitative estimate of drug-likeness (QED) is 0.688. The topological polar surface area (TPSA) is 78.4 Å². The van der Waals surface area contributed by atoms with Crippen molar-refractivity contribution in [2.24, 2.45) is 0 Å². The van der Waals surface area contributed by atoms with E-state index >= 15 is 0 Å². The lowest BCUT2D eigenvalue weighted by atomic mass is 9.92. The zero-order valence-electron chi connectivity index (χ0n) is 9.86. The number of carbonyl (C=O) groups excluding carboxylic acids is 1. The van der Waals surface area contributed by atoms with Crippen molar-refractivity contribution in [1.29, 1.82) is 0 Å². The highest BCUT2D eigenvalue weighted by Crippen LogP contribution is 2.20. The minimum absolute atomic E-state index is 0.0791. The Bertz CT molecular complexity index is 405. The van der Waals surface area contributed by atoms with E-state index in [0.29, 0.717) is 5.56 Å². The van der Waals surface area contributed by atoms with Crippen LogP contribution in [0.25, 0.3) is 0 Å². The van der Waals surface area contributed by atoms with Crippen LogP contribution in [-0.4, -0.2) is 30.6 Å². The molecule has 3 N–H and O–H groups in total. The summed E-state index contributed by atoms with van der Waals surface area (Å²) in [6, 6.07) is 8.62. The molecule has 0 spiro atoms. The molecule has 1 amide bonds. The van der Waals surface area contributed by atoms with Crippen LogP contribution < -0.4 is 10.6 Å². The summed E-state index contributed by atoms with van der Waals surface area (Å²) in [7, 11) is 1.63. The number of aliphatic carboxylic acids is 1. The number of amides is 1. The maximum absolute atomic E-state index is 11.5. The van der Waals surface area contributed by atoms with Gasteiger partial charge >= 0.3 is 5.97 Å². The van der Waals surface area contributed by atoms with Gasteiger partial charge in [-0.15, -0.1) is 0 Å². The molecule has 5 heteroatoms. The molecule has 0 aliphatic heterocycles. The lowest BCUT2D eigenvalue weighted by molar-refractivity contribution is -0.147. The van der Waals surface area contributed by atoms with Crippen LogP contribution in [0.3, 0.4) is 0 Å². The minimum atomic E-state index is -1.41. The maximum atomic E-state index is 11.5. The van der Waals surface area contributed by atoms with E-state index in [9.17, 15) is 14.7 Å². The predicted octanol–water partition coefficient (Wildman–Crippen LogP) is 0.322. The van der Waals surface area contributed by atoms with Crippen molar-refractivity contribution < 1.29 is 14.7 Å². The first-order chi connectivity index (χ1) is 8.00. The fourth-order valence-corrected chi connectivity index (χ4v) is 1.50. The highest BCUT2D eigenvalue weighted by molar-refractivity contribution is 5.88. The first-order valence-electron chi connectivity index (χ1n) is 5.25. The summed E-state index contributed by atoms with van der Waals surface area (Å²) in [6.45, 7) is 1.55. The molecule has 1 unspecified atom stereocenters. The van der Waals surface area contributed by atoms with Gasteiger partial charge in [-0.3, -0.25) is 4.79 Å². The number of rotatable bonds is 5. The third kappa shape index (κ3) is 3.04. The van der Waals surface area contributed by atoms with Crippen LogP contribution in [0.5, 0.6) is 0 Å². The average Bonchev–Trinajstić information content (AvgIpc) is 2.30. The third-order valence-corrected chi connectivity index (χ3v) is 2.51. The summed E-state index contributed by atoms with van der Waals surface area (Å²) in [5.74, 6) is -1.45. The van der Waals surface area contributed by atoms with Crippen molar-refractivity contribution in [3.63, 3.8) is 0 Å². The van der Waals surface area contributed by atoms with Gasteiger partial charge in [0.25, 0.3) is 0 Å². The van der Waals surface area contributed by atoms with Crippen LogP contribution in [-0.2, 0) is 15.1 Å². The van der Waals surface area contributed by atoms with Crippen molar-refractivity contribution in [3.05, 3.63) is 35.9 Å². The zero-order chi connectivity index (χ0) is 12.9. The molecule has 1 atom stereocenters. The van der Waals surface area contributed by atoms with E-state index < -0.39 is 11.5 Å². The smallest absolute Gasteiger partial charge is 0.333 e. The molecule has 0 heterocycles. The van der Waals surface area contributed by atoms with Crippen molar-refractivity contribution in [2.75, 3.05) is 13.6 Å². The number of likely N-dealkylation sites (N-methyl/N-ethyl adjacent to an activating group) is 1. The maximum Gasteiger partial charge on any atom is 0.333 e. The van der Waals surface area contributed by atoms with Gasteiger partial charge in [-0.1, -0.05) is 30.3 Å². The van der Waals surface area contributed by atoms with Gasteiger partial charge < -0.3 is 15.7 Å². The van der Waals surface area contributed by atoms with Gasteiger partial charge in [-0.05, 0) is 19.5 Å². The molecule has 0 fully saturated rings. The van der Waals surface area contributed by atoms with Crippen LogP contribution in [0.15, 0.2) is 30.3 Å². The van der Waals surface area contributed by atoms with Crippen molar-refractivity contribution in [1.82, 2.24) is 10.6 Å². The van der Waals surface area contributed by atoms with Crippen LogP contribution in [0.1, 0.15) is 12.5 Å². The van der Waals surface area contributed by atoms with Crippen molar-refractivity contribution in [2.45, 2.75) is 12.5 Å². The summed E-state index contributed by atoms with van der Waals surface area (Å²) in [6.07, 6.45) is 0. The minimum Gasteiger partial charge on any atom is -0.479 e. The summed E-state index contributed by atoms with van der Waals surface area (Å²) in [4.78, 5) is 22.8. The first kappa shape index (κ1) is 13.2. The highest BCUT2D eigenvalue weighted by Gasteiger charge is 2.36. The van der Waals surface area contributed by atoms with Crippen molar-refractivity contribution in [3.8, 4) is 0 Å². The molecule has 5 nitrogen and oxygen atoms in total. The molecular weight excluding hydrogens is 220 g/mol. The van der Waals surface area contributed by atoms with Gasteiger partial charge in [0.15, 0.2) is 5.54 Å². The van der Waals surface area contributed by atoms with E-state index in [4.69, 9.17) is 0 Å². The summed E-state index contributed by atoms with van der Waals surface area (Å²) >= 11 is 0. The van der Waals surface area contributed by atoms with E-state index in [1.54, 1.807) is 37.4 Å². The normalized spacial score (nSPS) is 13.8. The first-order valence-corrected chi connectivity index (χ1v) is 5.25. The molecule has 0 radical (unpaired) electrons. The van der Waals surface area contributed by atoms with Crippen LogP contribution in [0, 0.1) is 0 Å². The number of hydrogen-bond donors (Lipinski definition) is 3. The van der Waals surface area contributed by atoms with E-state index in [1.165, 1.54) is 6.92 Å². The molecule has 1 rings (SSSR count). The number of hydrogen-bond acceptors (Lipinski definition) is 3. The number of benzene rings is 1. The summed E-state index contributed by atoms with van der Waals surface area (Å²) in [5, 5.41) is 14.5. The van der Waals surface area contributed by atoms with Gasteiger partial charge in [0, 0.05) is 0 Å². The number of carboxylic acid groups (broad SMARTS) is 1. The van der Waals surface area contributed by atoms with E-state index in [1.807, 2.05) is 0 Å². The number of nitrogens with one attached hydrogen (secondary N) is 2. The molecule has 0 aliphatic rings. The van der Waals surface area contributed by atoms with E-state index in [0.717, 1.165) is 0 Å². The summed E-state index contributed by atoms with van der Waals surface area (Å²) in [5.41, 5.74) is -0.869. The Hall–Kier alpha value is -1.88. The lowest BCUT2D eigenvalue weighted by Crippen LogP contribution is -2.51. The second-order valence-electron chi connectivity index (χ2n) is 3.87. The van der Waals surface area contributed by atoms with Gasteiger partial charge in [0.2, 0.25) is 5.91 Å². The van der Waals surface area contributed by atoms with E-state index in [-0.39, 0.29) is 12.5 Å². The predicted molar refractivity (Wildman–Crippen MR) is 63.5 cm³/mol. The second-order valence-corrected chi connectivity index (χ2v) is 3.87. The van der Waals surface area contributed by atoms with Gasteiger partial charge in [-0.25, -0.2) is 4.79 Å². The Balaban J connectivity index is 2.99. The molecule has 1 aromatic carbocycles. The lowest BCUT2D eigenvalue weighted by Gasteiger charge is -2.26. The molecule has 0 saturated carbocycles. The monoisotopic (exact) mass is 236 g/mol. The molecule has 0 aromatic heterocycles. The van der Waals surface area contributed by atoms with E-state index in [2.05, 4.69) is 10.6 Å². The Kier molecular flexibility index (Phi) is 4.23. The molecule has 1 aromatic rings. The highest BCUT2D eigenvalue weighted by atomic mass is 16.4. The molecule has 92 valence electrons. The average molecular weight is 236 g/mol. The van der Waals surface area contributed by atoms with Crippen LogP contribution in [0.4, 0.5) is 0 Å².